The van der Waals surface area contributed by atoms with Crippen LogP contribution in [0.15, 0.2) is 60.9 Å². The number of hydrogen-bond acceptors (Lipinski definition) is 5. The van der Waals surface area contributed by atoms with E-state index >= 15 is 0 Å². The summed E-state index contributed by atoms with van der Waals surface area (Å²) in [7, 11) is 1.82. The Morgan fingerprint density at radius 1 is 1.05 bits per heavy atom. The molecule has 2 aliphatic rings. The number of aromatic carboxylic acids is 1. The Labute approximate surface area is 233 Å². The van der Waals surface area contributed by atoms with E-state index < -0.39 is 5.97 Å². The van der Waals surface area contributed by atoms with Crippen molar-refractivity contribution >= 4 is 11.9 Å². The van der Waals surface area contributed by atoms with Crippen LogP contribution in [0.1, 0.15) is 89.4 Å². The highest BCUT2D eigenvalue weighted by Gasteiger charge is 2.46. The van der Waals surface area contributed by atoms with Gasteiger partial charge in [-0.15, -0.1) is 5.10 Å². The van der Waals surface area contributed by atoms with Crippen LogP contribution in [0.2, 0.25) is 0 Å². The average Bonchev–Trinajstić information content (AvgIpc) is 3.41. The van der Waals surface area contributed by atoms with Crippen molar-refractivity contribution < 1.29 is 14.7 Å². The van der Waals surface area contributed by atoms with Gasteiger partial charge in [-0.05, 0) is 67.5 Å². The van der Waals surface area contributed by atoms with Gasteiger partial charge in [0, 0.05) is 43.2 Å². The molecule has 1 saturated carbocycles. The maximum atomic E-state index is 13.5. The van der Waals surface area contributed by atoms with Crippen LogP contribution in [0.3, 0.4) is 0 Å². The number of aryl methyl sites for hydroxylation is 1. The van der Waals surface area contributed by atoms with Gasteiger partial charge < -0.3 is 10.0 Å². The van der Waals surface area contributed by atoms with Crippen molar-refractivity contribution in [2.24, 2.45) is 7.05 Å². The Balaban J connectivity index is 1.31. The summed E-state index contributed by atoms with van der Waals surface area (Å²) >= 11 is 0. The van der Waals surface area contributed by atoms with E-state index in [2.05, 4.69) is 27.2 Å². The fraction of sp³-hybridized carbons (Fsp3) is 0.387. The van der Waals surface area contributed by atoms with Gasteiger partial charge in [-0.25, -0.2) is 9.48 Å². The molecule has 0 spiro atoms. The van der Waals surface area contributed by atoms with Gasteiger partial charge in [0.25, 0.3) is 5.91 Å². The summed E-state index contributed by atoms with van der Waals surface area (Å²) in [6, 6.07) is 16.0. The second-order valence-corrected chi connectivity index (χ2v) is 11.0. The topological polar surface area (TPSA) is 106 Å². The Kier molecular flexibility index (Phi) is 6.96. The van der Waals surface area contributed by atoms with E-state index in [1.807, 2.05) is 61.8 Å². The molecule has 6 rings (SSSR count). The first kappa shape index (κ1) is 26.0. The van der Waals surface area contributed by atoms with Gasteiger partial charge in [0.15, 0.2) is 0 Å². The van der Waals surface area contributed by atoms with Crippen LogP contribution in [0.4, 0.5) is 0 Å². The molecule has 1 saturated heterocycles. The van der Waals surface area contributed by atoms with Crippen molar-refractivity contribution in [1.29, 1.82) is 0 Å². The number of hydrogen-bond donors (Lipinski definition) is 1. The van der Waals surface area contributed by atoms with Crippen LogP contribution in [-0.4, -0.2) is 59.2 Å². The molecule has 1 amide bonds. The molecular weight excluding hydrogens is 504 g/mol. The number of carbonyl (C=O) groups excluding carboxylic acids is 1. The number of likely N-dealkylation sites (tertiary alicyclic amines) is 1. The summed E-state index contributed by atoms with van der Waals surface area (Å²) in [6.07, 6.45) is 9.53. The first-order valence-corrected chi connectivity index (χ1v) is 14.1. The zero-order chi connectivity index (χ0) is 27.8. The van der Waals surface area contributed by atoms with Crippen LogP contribution in [0.5, 0.6) is 0 Å². The maximum absolute atomic E-state index is 13.5. The zero-order valence-electron chi connectivity index (χ0n) is 22.9. The molecule has 206 valence electrons. The fourth-order valence-electron chi connectivity index (χ4n) is 6.16. The van der Waals surface area contributed by atoms with E-state index in [4.69, 9.17) is 0 Å². The fourth-order valence-corrected chi connectivity index (χ4v) is 6.16. The van der Waals surface area contributed by atoms with Gasteiger partial charge in [0.2, 0.25) is 0 Å². The minimum atomic E-state index is -0.993. The number of nitrogens with zero attached hydrogens (tertiary/aromatic N) is 6. The largest absolute Gasteiger partial charge is 0.478 e. The standard InChI is InChI=1S/C31H34N6O3/c1-3-8-23-12-4-5-14-36(23)30(38)22-11-6-9-20(15-22)21-10-7-13-24(16-21)37-29(27(18-32-37)31(39)40)26-17-25(26)28-19-35(2)34-33-28/h6-7,9-11,13,15-16,18-19,23,25-26H,3-5,8,12,14,17H2,1-2H3,(H,39,40)/t23-,25-,26?/m1/s1. The molecule has 0 radical (unpaired) electrons. The number of carbonyl (C=O) groups is 2. The first-order valence-electron chi connectivity index (χ1n) is 14.1. The number of carboxylic acid groups (broad SMARTS) is 1. The summed E-state index contributed by atoms with van der Waals surface area (Å²) in [5.74, 6) is -0.789. The van der Waals surface area contributed by atoms with E-state index in [0.717, 1.165) is 61.2 Å². The summed E-state index contributed by atoms with van der Waals surface area (Å²) in [5, 5.41) is 22.7. The molecule has 1 N–H and O–H groups in total. The number of piperidine rings is 1. The highest BCUT2D eigenvalue weighted by molar-refractivity contribution is 5.96. The first-order chi connectivity index (χ1) is 19.4. The molecule has 40 heavy (non-hydrogen) atoms. The van der Waals surface area contributed by atoms with Gasteiger partial charge in [0.05, 0.1) is 23.3 Å². The van der Waals surface area contributed by atoms with Crippen molar-refractivity contribution in [3.63, 3.8) is 0 Å². The van der Waals surface area contributed by atoms with Gasteiger partial charge in [0.1, 0.15) is 5.56 Å². The van der Waals surface area contributed by atoms with Crippen molar-refractivity contribution in [3.05, 3.63) is 83.4 Å². The lowest BCUT2D eigenvalue weighted by Gasteiger charge is -2.36. The summed E-state index contributed by atoms with van der Waals surface area (Å²) < 4.78 is 3.41. The maximum Gasteiger partial charge on any atom is 0.339 e. The lowest BCUT2D eigenvalue weighted by molar-refractivity contribution is 0.0600. The van der Waals surface area contributed by atoms with E-state index in [0.29, 0.717) is 17.3 Å². The third-order valence-corrected chi connectivity index (χ3v) is 8.22. The third-order valence-electron chi connectivity index (χ3n) is 8.22. The van der Waals surface area contributed by atoms with Gasteiger partial charge >= 0.3 is 5.97 Å². The molecular formula is C31H34N6O3. The minimum Gasteiger partial charge on any atom is -0.478 e. The van der Waals surface area contributed by atoms with Crippen LogP contribution >= 0.6 is 0 Å². The van der Waals surface area contributed by atoms with Crippen LogP contribution in [0.25, 0.3) is 16.8 Å². The number of aromatic nitrogens is 5. The molecule has 9 nitrogen and oxygen atoms in total. The van der Waals surface area contributed by atoms with Crippen LogP contribution in [-0.2, 0) is 7.05 Å². The lowest BCUT2D eigenvalue weighted by atomic mass is 9.96. The molecule has 9 heteroatoms. The molecule has 3 heterocycles. The second-order valence-electron chi connectivity index (χ2n) is 11.0. The van der Waals surface area contributed by atoms with Crippen molar-refractivity contribution in [3.8, 4) is 16.8 Å². The number of carboxylic acids is 1. The zero-order valence-corrected chi connectivity index (χ0v) is 22.9. The van der Waals surface area contributed by atoms with Gasteiger partial charge in [-0.2, -0.15) is 5.10 Å². The Morgan fingerprint density at radius 3 is 2.60 bits per heavy atom. The number of amides is 1. The highest BCUT2D eigenvalue weighted by Crippen LogP contribution is 2.55. The monoisotopic (exact) mass is 538 g/mol. The Hall–Kier alpha value is -4.27. The molecule has 1 aliphatic heterocycles. The predicted octanol–water partition coefficient (Wildman–Crippen LogP) is 5.43. The number of benzene rings is 2. The molecule has 2 aromatic carbocycles. The smallest absolute Gasteiger partial charge is 0.339 e. The SMILES string of the molecule is CCC[C@@H]1CCCCN1C(=O)c1cccc(-c2cccc(-n3ncc(C(=O)O)c3C3C[C@H]3c3cn(C)nn3)c2)c1. The summed E-state index contributed by atoms with van der Waals surface area (Å²) in [6.45, 7) is 2.99. The molecule has 2 fully saturated rings. The van der Waals surface area contributed by atoms with E-state index in [-0.39, 0.29) is 23.3 Å². The highest BCUT2D eigenvalue weighted by atomic mass is 16.4. The molecule has 1 unspecified atom stereocenters. The molecule has 0 bridgehead atoms. The van der Waals surface area contributed by atoms with Crippen molar-refractivity contribution in [1.82, 2.24) is 29.7 Å². The quantitative estimate of drug-likeness (QED) is 0.321. The van der Waals surface area contributed by atoms with E-state index in [9.17, 15) is 14.7 Å². The Morgan fingerprint density at radius 2 is 1.85 bits per heavy atom. The van der Waals surface area contributed by atoms with Crippen molar-refractivity contribution in [2.45, 2.75) is 63.3 Å². The van der Waals surface area contributed by atoms with Gasteiger partial charge in [-0.1, -0.05) is 42.8 Å². The lowest BCUT2D eigenvalue weighted by Crippen LogP contribution is -2.43. The minimum absolute atomic E-state index is 0.00415. The molecule has 1 aliphatic carbocycles. The van der Waals surface area contributed by atoms with Crippen molar-refractivity contribution in [2.75, 3.05) is 6.54 Å². The van der Waals surface area contributed by atoms with E-state index in [1.165, 1.54) is 12.6 Å². The summed E-state index contributed by atoms with van der Waals surface area (Å²) in [4.78, 5) is 27.7. The number of rotatable bonds is 8. The second kappa shape index (κ2) is 10.7. The molecule has 4 aromatic rings. The predicted molar refractivity (Wildman–Crippen MR) is 151 cm³/mol. The molecule has 2 aromatic heterocycles. The Bertz CT molecular complexity index is 1550. The van der Waals surface area contributed by atoms with Gasteiger partial charge in [-0.3, -0.25) is 9.48 Å². The van der Waals surface area contributed by atoms with E-state index in [1.54, 1.807) is 9.36 Å². The van der Waals surface area contributed by atoms with Crippen LogP contribution in [0, 0.1) is 0 Å². The van der Waals surface area contributed by atoms with Crippen LogP contribution < -0.4 is 0 Å². The normalized spacial score (nSPS) is 20.4. The average molecular weight is 539 g/mol. The third kappa shape index (κ3) is 4.92. The molecule has 3 atom stereocenters. The summed E-state index contributed by atoms with van der Waals surface area (Å²) in [5.41, 5.74) is 5.10.